The van der Waals surface area contributed by atoms with Crippen molar-refractivity contribution in [3.8, 4) is 17.2 Å². The SMILES string of the molecule is COc1ccccc1C(=O)N1CCN(c2ccc(NC(=O)CSc3nnc(-c4ccc(Br)cc4)o3)cc2)CC1. The number of anilines is 2. The van der Waals surface area contributed by atoms with Crippen LogP contribution < -0.4 is 15.0 Å². The standard InChI is InChI=1S/C28H26BrN5O4S/c1-37-24-5-3-2-4-23(24)27(36)34-16-14-33(15-17-34)22-12-10-21(11-13-22)30-25(35)18-39-28-32-31-26(38-28)19-6-8-20(29)9-7-19/h2-13H,14-18H2,1H3,(H,30,35). The van der Waals surface area contributed by atoms with Crippen molar-refractivity contribution in [3.63, 3.8) is 0 Å². The molecule has 1 aromatic heterocycles. The van der Waals surface area contributed by atoms with E-state index < -0.39 is 0 Å². The number of carbonyl (C=O) groups is 2. The number of nitrogens with one attached hydrogen (secondary N) is 1. The first-order valence-corrected chi connectivity index (χ1v) is 14.1. The van der Waals surface area contributed by atoms with Gasteiger partial charge in [0.2, 0.25) is 11.8 Å². The first-order chi connectivity index (χ1) is 19.0. The molecule has 0 radical (unpaired) electrons. The van der Waals surface area contributed by atoms with E-state index in [1.54, 1.807) is 19.2 Å². The highest BCUT2D eigenvalue weighted by molar-refractivity contribution is 9.10. The number of benzene rings is 3. The van der Waals surface area contributed by atoms with Crippen molar-refractivity contribution in [2.45, 2.75) is 5.22 Å². The van der Waals surface area contributed by atoms with E-state index in [2.05, 4.69) is 36.3 Å². The number of thioether (sulfide) groups is 1. The summed E-state index contributed by atoms with van der Waals surface area (Å²) in [6, 6.07) is 22.6. The van der Waals surface area contributed by atoms with E-state index in [-0.39, 0.29) is 17.6 Å². The fraction of sp³-hybridized carbons (Fsp3) is 0.214. The van der Waals surface area contributed by atoms with Crippen LogP contribution in [0.3, 0.4) is 0 Å². The van der Waals surface area contributed by atoms with Crippen LogP contribution >= 0.6 is 27.7 Å². The summed E-state index contributed by atoms with van der Waals surface area (Å²) < 4.78 is 12.0. The van der Waals surface area contributed by atoms with Gasteiger partial charge in [0, 0.05) is 47.6 Å². The largest absolute Gasteiger partial charge is 0.496 e. The number of halogens is 1. The fourth-order valence-corrected chi connectivity index (χ4v) is 5.04. The van der Waals surface area contributed by atoms with Gasteiger partial charge in [-0.1, -0.05) is 39.8 Å². The summed E-state index contributed by atoms with van der Waals surface area (Å²) in [5, 5.41) is 11.3. The number of amides is 2. The first kappa shape index (κ1) is 26.8. The molecule has 39 heavy (non-hydrogen) atoms. The fourth-order valence-electron chi connectivity index (χ4n) is 4.22. The second kappa shape index (κ2) is 12.4. The molecule has 9 nitrogen and oxygen atoms in total. The van der Waals surface area contributed by atoms with Gasteiger partial charge in [0.05, 0.1) is 18.4 Å². The molecule has 11 heteroatoms. The van der Waals surface area contributed by atoms with Crippen molar-refractivity contribution in [2.24, 2.45) is 0 Å². The van der Waals surface area contributed by atoms with Crippen LogP contribution in [0.25, 0.3) is 11.5 Å². The summed E-state index contributed by atoms with van der Waals surface area (Å²) in [4.78, 5) is 29.5. The third-order valence-corrected chi connectivity index (χ3v) is 7.59. The van der Waals surface area contributed by atoms with Gasteiger partial charge in [-0.3, -0.25) is 9.59 Å². The molecule has 4 aromatic rings. The monoisotopic (exact) mass is 607 g/mol. The number of piperazine rings is 1. The Morgan fingerprint density at radius 2 is 1.69 bits per heavy atom. The second-order valence-corrected chi connectivity index (χ2v) is 10.6. The van der Waals surface area contributed by atoms with Crippen molar-refractivity contribution in [3.05, 3.63) is 82.8 Å². The number of carbonyl (C=O) groups excluding carboxylic acids is 2. The molecule has 3 aromatic carbocycles. The van der Waals surface area contributed by atoms with Gasteiger partial charge in [0.25, 0.3) is 11.1 Å². The van der Waals surface area contributed by atoms with Crippen molar-refractivity contribution in [2.75, 3.05) is 49.3 Å². The lowest BCUT2D eigenvalue weighted by molar-refractivity contribution is -0.113. The van der Waals surface area contributed by atoms with Gasteiger partial charge < -0.3 is 24.3 Å². The Balaban J connectivity index is 1.09. The van der Waals surface area contributed by atoms with Gasteiger partial charge in [0.1, 0.15) is 5.75 Å². The van der Waals surface area contributed by atoms with Crippen LogP contribution in [0.4, 0.5) is 11.4 Å². The maximum atomic E-state index is 13.0. The van der Waals surface area contributed by atoms with Crippen LogP contribution in [0.1, 0.15) is 10.4 Å². The van der Waals surface area contributed by atoms with Crippen molar-refractivity contribution < 1.29 is 18.7 Å². The quantitative estimate of drug-likeness (QED) is 0.273. The Morgan fingerprint density at radius 3 is 2.41 bits per heavy atom. The molecule has 0 spiro atoms. The minimum Gasteiger partial charge on any atom is -0.496 e. The molecule has 5 rings (SSSR count). The Morgan fingerprint density at radius 1 is 0.974 bits per heavy atom. The highest BCUT2D eigenvalue weighted by Gasteiger charge is 2.24. The summed E-state index contributed by atoms with van der Waals surface area (Å²) in [7, 11) is 1.57. The van der Waals surface area contributed by atoms with E-state index in [4.69, 9.17) is 9.15 Å². The summed E-state index contributed by atoms with van der Waals surface area (Å²) in [6.45, 7) is 2.67. The van der Waals surface area contributed by atoms with E-state index in [9.17, 15) is 9.59 Å². The number of hydrogen-bond acceptors (Lipinski definition) is 8. The first-order valence-electron chi connectivity index (χ1n) is 12.3. The van der Waals surface area contributed by atoms with Gasteiger partial charge in [-0.2, -0.15) is 0 Å². The molecule has 0 unspecified atom stereocenters. The Labute approximate surface area is 238 Å². The molecule has 0 aliphatic carbocycles. The molecule has 1 aliphatic rings. The molecule has 0 bridgehead atoms. The van der Waals surface area contributed by atoms with Crippen LogP contribution in [0, 0.1) is 0 Å². The lowest BCUT2D eigenvalue weighted by atomic mass is 10.1. The number of methoxy groups -OCH3 is 1. The zero-order chi connectivity index (χ0) is 27.2. The lowest BCUT2D eigenvalue weighted by Gasteiger charge is -2.36. The van der Waals surface area contributed by atoms with E-state index in [0.717, 1.165) is 28.8 Å². The van der Waals surface area contributed by atoms with Gasteiger partial charge in [-0.15, -0.1) is 10.2 Å². The number of ether oxygens (including phenoxy) is 1. The predicted molar refractivity (Wildman–Crippen MR) is 154 cm³/mol. The van der Waals surface area contributed by atoms with Gasteiger partial charge in [-0.25, -0.2) is 0 Å². The zero-order valence-electron chi connectivity index (χ0n) is 21.2. The van der Waals surface area contributed by atoms with Gasteiger partial charge in [0.15, 0.2) is 0 Å². The van der Waals surface area contributed by atoms with E-state index in [1.165, 1.54) is 11.8 Å². The number of nitrogens with zero attached hydrogens (tertiary/aromatic N) is 4. The molecule has 1 aliphatic heterocycles. The molecule has 1 saturated heterocycles. The summed E-state index contributed by atoms with van der Waals surface area (Å²) in [5.74, 6) is 0.952. The third kappa shape index (κ3) is 6.61. The van der Waals surface area contributed by atoms with Gasteiger partial charge in [-0.05, 0) is 60.7 Å². The van der Waals surface area contributed by atoms with E-state index in [0.29, 0.717) is 41.2 Å². The summed E-state index contributed by atoms with van der Waals surface area (Å²) >= 11 is 4.58. The maximum absolute atomic E-state index is 13.0. The summed E-state index contributed by atoms with van der Waals surface area (Å²) in [6.07, 6.45) is 0. The Bertz CT molecular complexity index is 1440. The molecule has 1 N–H and O–H groups in total. The minimum absolute atomic E-state index is 0.0203. The molecular formula is C28H26BrN5O4S. The number of aromatic nitrogens is 2. The molecule has 1 fully saturated rings. The van der Waals surface area contributed by atoms with Gasteiger partial charge >= 0.3 is 0 Å². The predicted octanol–water partition coefficient (Wildman–Crippen LogP) is 5.20. The molecular weight excluding hydrogens is 582 g/mol. The Kier molecular flexibility index (Phi) is 8.48. The molecule has 0 saturated carbocycles. The topological polar surface area (TPSA) is 101 Å². The highest BCUT2D eigenvalue weighted by atomic mass is 79.9. The Hall–Kier alpha value is -3.83. The van der Waals surface area contributed by atoms with Crippen LogP contribution in [0.15, 0.2) is 86.9 Å². The van der Waals surface area contributed by atoms with Crippen molar-refractivity contribution in [1.82, 2.24) is 15.1 Å². The molecule has 200 valence electrons. The second-order valence-electron chi connectivity index (χ2n) is 8.74. The number of para-hydroxylation sites is 1. The highest BCUT2D eigenvalue weighted by Crippen LogP contribution is 2.26. The average Bonchev–Trinajstić information content (AvgIpc) is 3.46. The number of hydrogen-bond donors (Lipinski definition) is 1. The normalized spacial score (nSPS) is 13.3. The van der Waals surface area contributed by atoms with E-state index in [1.807, 2.05) is 65.6 Å². The van der Waals surface area contributed by atoms with Crippen molar-refractivity contribution in [1.29, 1.82) is 0 Å². The van der Waals surface area contributed by atoms with Crippen molar-refractivity contribution >= 4 is 50.9 Å². The molecule has 2 amide bonds. The zero-order valence-corrected chi connectivity index (χ0v) is 23.6. The van der Waals surface area contributed by atoms with Crippen LogP contribution in [0.2, 0.25) is 0 Å². The lowest BCUT2D eigenvalue weighted by Crippen LogP contribution is -2.48. The van der Waals surface area contributed by atoms with Crippen LogP contribution in [-0.4, -0.2) is 66.0 Å². The third-order valence-electron chi connectivity index (χ3n) is 6.24. The summed E-state index contributed by atoms with van der Waals surface area (Å²) in [5.41, 5.74) is 3.14. The molecule has 2 heterocycles. The molecule has 0 atom stereocenters. The minimum atomic E-state index is -0.167. The van der Waals surface area contributed by atoms with E-state index >= 15 is 0 Å². The number of rotatable bonds is 8. The average molecular weight is 609 g/mol. The maximum Gasteiger partial charge on any atom is 0.277 e. The van der Waals surface area contributed by atoms with Crippen LogP contribution in [0.5, 0.6) is 5.75 Å². The smallest absolute Gasteiger partial charge is 0.277 e. The van der Waals surface area contributed by atoms with Crippen LogP contribution in [-0.2, 0) is 4.79 Å².